The highest BCUT2D eigenvalue weighted by Crippen LogP contribution is 2.46. The summed E-state index contributed by atoms with van der Waals surface area (Å²) >= 11 is 0. The van der Waals surface area contributed by atoms with E-state index >= 15 is 0 Å². The minimum absolute atomic E-state index is 0.0717. The Kier molecular flexibility index (Phi) is 6.13. The Morgan fingerprint density at radius 3 is 2.60 bits per heavy atom. The van der Waals surface area contributed by atoms with Gasteiger partial charge in [-0.1, -0.05) is 24.3 Å². The third-order valence-corrected chi connectivity index (χ3v) is 6.52. The van der Waals surface area contributed by atoms with Crippen molar-refractivity contribution in [2.45, 2.75) is 25.8 Å². The quantitative estimate of drug-likeness (QED) is 0.689. The van der Waals surface area contributed by atoms with Gasteiger partial charge in [0.2, 0.25) is 0 Å². The molecule has 1 aromatic heterocycles. The fraction of sp³-hybridized carbons (Fsp3) is 0.458. The second-order valence-electron chi connectivity index (χ2n) is 8.36. The summed E-state index contributed by atoms with van der Waals surface area (Å²) in [6.07, 6.45) is 4.61. The second-order valence-corrected chi connectivity index (χ2v) is 8.36. The topological polar surface area (TPSA) is 62.7 Å². The molecule has 30 heavy (non-hydrogen) atoms. The first kappa shape index (κ1) is 20.5. The number of carbonyl (C=O) groups is 2. The minimum atomic E-state index is -0.152. The third-order valence-electron chi connectivity index (χ3n) is 6.52. The average molecular weight is 408 g/mol. The maximum atomic E-state index is 13.4. The van der Waals surface area contributed by atoms with Crippen molar-refractivity contribution in [3.63, 3.8) is 0 Å². The van der Waals surface area contributed by atoms with E-state index in [0.717, 1.165) is 32.6 Å². The lowest BCUT2D eigenvalue weighted by atomic mass is 9.87. The van der Waals surface area contributed by atoms with Crippen LogP contribution in [0.15, 0.2) is 48.8 Å². The maximum Gasteiger partial charge on any atom is 0.305 e. The van der Waals surface area contributed by atoms with E-state index in [1.54, 1.807) is 24.5 Å². The number of methoxy groups -OCH3 is 1. The van der Waals surface area contributed by atoms with E-state index in [1.165, 1.54) is 18.2 Å². The van der Waals surface area contributed by atoms with Crippen LogP contribution in [0.4, 0.5) is 0 Å². The van der Waals surface area contributed by atoms with Crippen LogP contribution >= 0.6 is 0 Å². The number of nitrogens with zero attached hydrogens (tertiary/aromatic N) is 3. The summed E-state index contributed by atoms with van der Waals surface area (Å²) in [7, 11) is 1.43. The number of fused-ring (bicyclic) bond motifs is 1. The molecule has 2 aliphatic heterocycles. The monoisotopic (exact) mass is 407 g/mol. The van der Waals surface area contributed by atoms with E-state index in [0.29, 0.717) is 23.8 Å². The molecule has 0 radical (unpaired) electrons. The van der Waals surface area contributed by atoms with Gasteiger partial charge in [0.1, 0.15) is 0 Å². The number of aryl methyl sites for hydroxylation is 1. The van der Waals surface area contributed by atoms with Crippen LogP contribution in [-0.4, -0.2) is 59.9 Å². The number of carbonyl (C=O) groups excluding carboxylic acids is 2. The summed E-state index contributed by atoms with van der Waals surface area (Å²) in [5.74, 6) is 0.770. The van der Waals surface area contributed by atoms with Gasteiger partial charge in [0.05, 0.1) is 13.2 Å². The SMILES string of the molecule is COC(=O)CCCN1C[C@H]2CN(C(=O)c3ccncc3)[C@H](c3ccccc3C)[C@H]2C1. The Balaban J connectivity index is 1.54. The van der Waals surface area contributed by atoms with E-state index in [2.05, 4.69) is 39.9 Å². The van der Waals surface area contributed by atoms with Gasteiger partial charge in [-0.15, -0.1) is 0 Å². The first-order valence-corrected chi connectivity index (χ1v) is 10.6. The standard InChI is InChI=1S/C24H29N3O3/c1-17-6-3-4-7-20(17)23-21-16-26(13-5-8-22(28)30-2)14-19(21)15-27(23)24(29)18-9-11-25-12-10-18/h3-4,6-7,9-12,19,21,23H,5,8,13-16H2,1-2H3/t19-,21-,23+/m0/s1. The zero-order valence-electron chi connectivity index (χ0n) is 17.7. The van der Waals surface area contributed by atoms with Crippen molar-refractivity contribution in [2.24, 2.45) is 11.8 Å². The molecule has 0 unspecified atom stereocenters. The highest BCUT2D eigenvalue weighted by Gasteiger charge is 2.49. The molecule has 1 amide bonds. The Morgan fingerprint density at radius 2 is 1.87 bits per heavy atom. The summed E-state index contributed by atoms with van der Waals surface area (Å²) in [6.45, 7) is 5.69. The number of benzene rings is 1. The molecule has 0 spiro atoms. The largest absolute Gasteiger partial charge is 0.469 e. The lowest BCUT2D eigenvalue weighted by molar-refractivity contribution is -0.140. The molecule has 1 aromatic carbocycles. The molecule has 2 fully saturated rings. The predicted octanol–water partition coefficient (Wildman–Crippen LogP) is 3.09. The normalized spacial score (nSPS) is 23.4. The predicted molar refractivity (Wildman–Crippen MR) is 114 cm³/mol. The van der Waals surface area contributed by atoms with Crippen LogP contribution in [0.1, 0.15) is 40.4 Å². The van der Waals surface area contributed by atoms with Gasteiger partial charge in [0.25, 0.3) is 5.91 Å². The number of hydrogen-bond donors (Lipinski definition) is 0. The van der Waals surface area contributed by atoms with Crippen LogP contribution in [0.25, 0.3) is 0 Å². The molecule has 0 aliphatic carbocycles. The molecule has 0 bridgehead atoms. The van der Waals surface area contributed by atoms with Gasteiger partial charge in [-0.2, -0.15) is 0 Å². The number of ether oxygens (including phenoxy) is 1. The molecule has 2 aliphatic rings. The van der Waals surface area contributed by atoms with Crippen LogP contribution < -0.4 is 0 Å². The Hall–Kier alpha value is -2.73. The van der Waals surface area contributed by atoms with Gasteiger partial charge >= 0.3 is 5.97 Å². The molecule has 0 N–H and O–H groups in total. The minimum Gasteiger partial charge on any atom is -0.469 e. The number of likely N-dealkylation sites (tertiary alicyclic amines) is 2. The van der Waals surface area contributed by atoms with Crippen LogP contribution in [-0.2, 0) is 9.53 Å². The Morgan fingerprint density at radius 1 is 1.10 bits per heavy atom. The van der Waals surface area contributed by atoms with E-state index in [1.807, 2.05) is 6.07 Å². The van der Waals surface area contributed by atoms with Crippen molar-refractivity contribution in [1.82, 2.24) is 14.8 Å². The first-order valence-electron chi connectivity index (χ1n) is 10.6. The number of amides is 1. The van der Waals surface area contributed by atoms with Crippen molar-refractivity contribution in [3.8, 4) is 0 Å². The molecule has 2 aromatic rings. The average Bonchev–Trinajstić information content (AvgIpc) is 3.31. The molecule has 4 rings (SSSR count). The Labute approximate surface area is 177 Å². The summed E-state index contributed by atoms with van der Waals surface area (Å²) in [4.78, 5) is 33.3. The number of hydrogen-bond acceptors (Lipinski definition) is 5. The van der Waals surface area contributed by atoms with E-state index in [4.69, 9.17) is 4.74 Å². The molecule has 0 saturated carbocycles. The van der Waals surface area contributed by atoms with Crippen LogP contribution in [0.2, 0.25) is 0 Å². The molecular weight excluding hydrogens is 378 g/mol. The van der Waals surface area contributed by atoms with Gasteiger partial charge in [-0.05, 0) is 49.1 Å². The zero-order valence-corrected chi connectivity index (χ0v) is 17.7. The molecule has 6 nitrogen and oxygen atoms in total. The van der Waals surface area contributed by atoms with Gasteiger partial charge in [-0.3, -0.25) is 14.6 Å². The van der Waals surface area contributed by atoms with Gasteiger partial charge in [0, 0.05) is 49.9 Å². The van der Waals surface area contributed by atoms with Gasteiger partial charge < -0.3 is 14.5 Å². The Bertz CT molecular complexity index is 902. The summed E-state index contributed by atoms with van der Waals surface area (Å²) in [6, 6.07) is 12.1. The fourth-order valence-electron chi connectivity index (χ4n) is 5.06. The summed E-state index contributed by atoms with van der Waals surface area (Å²) in [5, 5.41) is 0. The van der Waals surface area contributed by atoms with Crippen molar-refractivity contribution >= 4 is 11.9 Å². The number of pyridine rings is 1. The van der Waals surface area contributed by atoms with Crippen molar-refractivity contribution < 1.29 is 14.3 Å². The molecule has 158 valence electrons. The molecule has 6 heteroatoms. The van der Waals surface area contributed by atoms with Crippen LogP contribution in [0, 0.1) is 18.8 Å². The third kappa shape index (κ3) is 4.10. The summed E-state index contributed by atoms with van der Waals surface area (Å²) in [5.41, 5.74) is 3.15. The van der Waals surface area contributed by atoms with Crippen LogP contribution in [0.5, 0.6) is 0 Å². The van der Waals surface area contributed by atoms with Crippen molar-refractivity contribution in [1.29, 1.82) is 0 Å². The lowest BCUT2D eigenvalue weighted by Gasteiger charge is -2.31. The van der Waals surface area contributed by atoms with Crippen molar-refractivity contribution in [3.05, 3.63) is 65.5 Å². The number of aromatic nitrogens is 1. The number of rotatable bonds is 6. The smallest absolute Gasteiger partial charge is 0.305 e. The number of esters is 1. The summed E-state index contributed by atoms with van der Waals surface area (Å²) < 4.78 is 4.75. The van der Waals surface area contributed by atoms with E-state index < -0.39 is 0 Å². The highest BCUT2D eigenvalue weighted by atomic mass is 16.5. The van der Waals surface area contributed by atoms with E-state index in [-0.39, 0.29) is 17.9 Å². The van der Waals surface area contributed by atoms with Crippen molar-refractivity contribution in [2.75, 3.05) is 33.3 Å². The van der Waals surface area contributed by atoms with Gasteiger partial charge in [-0.25, -0.2) is 0 Å². The second kappa shape index (κ2) is 8.96. The van der Waals surface area contributed by atoms with E-state index in [9.17, 15) is 9.59 Å². The lowest BCUT2D eigenvalue weighted by Crippen LogP contribution is -2.36. The first-order chi connectivity index (χ1) is 14.6. The fourth-order valence-corrected chi connectivity index (χ4v) is 5.06. The molecule has 3 heterocycles. The van der Waals surface area contributed by atoms with Crippen LogP contribution in [0.3, 0.4) is 0 Å². The van der Waals surface area contributed by atoms with Gasteiger partial charge in [0.15, 0.2) is 0 Å². The zero-order chi connectivity index (χ0) is 21.1. The highest BCUT2D eigenvalue weighted by molar-refractivity contribution is 5.94. The maximum absolute atomic E-state index is 13.4. The molecule has 3 atom stereocenters. The molecule has 2 saturated heterocycles. The molecular formula is C24H29N3O3.